The van der Waals surface area contributed by atoms with Crippen molar-refractivity contribution >= 4 is 21.9 Å². The summed E-state index contributed by atoms with van der Waals surface area (Å²) in [5.41, 5.74) is 1.81. The monoisotopic (exact) mass is 212 g/mol. The molecule has 0 aliphatic heterocycles. The molecule has 0 atom stereocenters. The molecule has 16 heavy (non-hydrogen) atoms. The van der Waals surface area contributed by atoms with Gasteiger partial charge in [0.05, 0.1) is 5.52 Å². The lowest BCUT2D eigenvalue weighted by atomic mass is 10.2. The molecule has 0 saturated carbocycles. The molecule has 4 heteroatoms. The van der Waals surface area contributed by atoms with Gasteiger partial charge in [-0.05, 0) is 24.3 Å². The van der Waals surface area contributed by atoms with Gasteiger partial charge >= 0.3 is 0 Å². The third kappa shape index (κ3) is 1.84. The SMILES string of the molecule is NN.c1ccc2nc3ncccc3cc2c1. The first-order valence-corrected chi connectivity index (χ1v) is 4.87. The van der Waals surface area contributed by atoms with E-state index in [2.05, 4.69) is 33.8 Å². The topological polar surface area (TPSA) is 77.8 Å². The Bertz CT molecular complexity index is 502. The molecule has 0 aliphatic rings. The van der Waals surface area contributed by atoms with Crippen molar-refractivity contribution in [2.75, 3.05) is 0 Å². The zero-order valence-corrected chi connectivity index (χ0v) is 8.67. The molecule has 80 valence electrons. The molecule has 0 fully saturated rings. The van der Waals surface area contributed by atoms with E-state index in [1.54, 1.807) is 6.20 Å². The molecule has 2 heterocycles. The summed E-state index contributed by atoms with van der Waals surface area (Å²) in [4.78, 5) is 8.69. The number of hydrogen-bond acceptors (Lipinski definition) is 4. The van der Waals surface area contributed by atoms with Crippen molar-refractivity contribution in [3.63, 3.8) is 0 Å². The number of rotatable bonds is 0. The second-order valence-electron chi connectivity index (χ2n) is 3.23. The van der Waals surface area contributed by atoms with E-state index in [9.17, 15) is 0 Å². The number of aromatic nitrogens is 2. The quantitative estimate of drug-likeness (QED) is 0.337. The fraction of sp³-hybridized carbons (Fsp3) is 0. The van der Waals surface area contributed by atoms with Crippen LogP contribution in [0.4, 0.5) is 0 Å². The lowest BCUT2D eigenvalue weighted by Crippen LogP contribution is -2.02. The van der Waals surface area contributed by atoms with Crippen molar-refractivity contribution in [1.82, 2.24) is 9.97 Å². The molecule has 0 unspecified atom stereocenters. The van der Waals surface area contributed by atoms with E-state index in [1.807, 2.05) is 30.3 Å². The maximum Gasteiger partial charge on any atom is 0.159 e. The van der Waals surface area contributed by atoms with E-state index in [4.69, 9.17) is 0 Å². The normalized spacial score (nSPS) is 9.88. The summed E-state index contributed by atoms with van der Waals surface area (Å²) in [6.45, 7) is 0. The molecule has 1 aromatic carbocycles. The van der Waals surface area contributed by atoms with Crippen LogP contribution in [0.15, 0.2) is 48.7 Å². The fourth-order valence-electron chi connectivity index (χ4n) is 1.61. The van der Waals surface area contributed by atoms with Gasteiger partial charge in [0.2, 0.25) is 0 Å². The minimum Gasteiger partial charge on any atom is -0.274 e. The van der Waals surface area contributed by atoms with Crippen molar-refractivity contribution in [3.05, 3.63) is 48.7 Å². The Morgan fingerprint density at radius 1 is 0.875 bits per heavy atom. The molecular formula is C12H12N4. The largest absolute Gasteiger partial charge is 0.274 e. The van der Waals surface area contributed by atoms with Crippen molar-refractivity contribution in [2.24, 2.45) is 11.7 Å². The molecule has 0 saturated heterocycles. The first-order chi connectivity index (χ1) is 7.93. The Kier molecular flexibility index (Phi) is 3.05. The second-order valence-corrected chi connectivity index (χ2v) is 3.23. The maximum absolute atomic E-state index is 4.47. The van der Waals surface area contributed by atoms with Gasteiger partial charge in [-0.2, -0.15) is 0 Å². The third-order valence-corrected chi connectivity index (χ3v) is 2.29. The van der Waals surface area contributed by atoms with Gasteiger partial charge in [-0.25, -0.2) is 9.97 Å². The van der Waals surface area contributed by atoms with Crippen LogP contribution in [0.3, 0.4) is 0 Å². The average Bonchev–Trinajstić information content (AvgIpc) is 2.38. The van der Waals surface area contributed by atoms with E-state index in [0.717, 1.165) is 21.9 Å². The van der Waals surface area contributed by atoms with Crippen LogP contribution >= 0.6 is 0 Å². The molecule has 3 rings (SSSR count). The van der Waals surface area contributed by atoms with Crippen LogP contribution in [0.2, 0.25) is 0 Å². The Labute approximate surface area is 92.9 Å². The van der Waals surface area contributed by atoms with Crippen LogP contribution in [0.1, 0.15) is 0 Å². The van der Waals surface area contributed by atoms with Gasteiger partial charge in [-0.15, -0.1) is 0 Å². The summed E-state index contributed by atoms with van der Waals surface area (Å²) in [6.07, 6.45) is 1.77. The standard InChI is InChI=1S/C12H8N2.H4N2/c1-2-6-11-9(4-1)8-10-5-3-7-13-12(10)14-11;1-2/h1-8H;1-2H2. The predicted molar refractivity (Wildman–Crippen MR) is 65.4 cm³/mol. The number of hydrazine groups is 1. The number of pyridine rings is 2. The Morgan fingerprint density at radius 2 is 1.62 bits per heavy atom. The van der Waals surface area contributed by atoms with Crippen LogP contribution in [0.5, 0.6) is 0 Å². The molecule has 3 aromatic rings. The highest BCUT2D eigenvalue weighted by Crippen LogP contribution is 2.16. The number of nitrogens with zero attached hydrogens (tertiary/aromatic N) is 2. The maximum atomic E-state index is 4.47. The Morgan fingerprint density at radius 3 is 2.50 bits per heavy atom. The summed E-state index contributed by atoms with van der Waals surface area (Å²) >= 11 is 0. The van der Waals surface area contributed by atoms with Crippen molar-refractivity contribution in [2.45, 2.75) is 0 Å². The molecule has 0 aliphatic carbocycles. The summed E-state index contributed by atoms with van der Waals surface area (Å²) in [7, 11) is 0. The highest BCUT2D eigenvalue weighted by atomic mass is 15.0. The fourth-order valence-corrected chi connectivity index (χ4v) is 1.61. The Balaban J connectivity index is 0.000000457. The highest BCUT2D eigenvalue weighted by molar-refractivity contribution is 5.90. The van der Waals surface area contributed by atoms with Crippen LogP contribution in [-0.4, -0.2) is 9.97 Å². The number of hydrogen-bond donors (Lipinski definition) is 2. The molecule has 0 radical (unpaired) electrons. The number of fused-ring (bicyclic) bond motifs is 2. The van der Waals surface area contributed by atoms with Gasteiger partial charge in [0.15, 0.2) is 5.65 Å². The summed E-state index contributed by atoms with van der Waals surface area (Å²) in [5, 5.41) is 2.25. The minimum absolute atomic E-state index is 0.811. The summed E-state index contributed by atoms with van der Waals surface area (Å²) in [6, 6.07) is 14.2. The van der Waals surface area contributed by atoms with E-state index in [-0.39, 0.29) is 0 Å². The zero-order valence-electron chi connectivity index (χ0n) is 8.67. The van der Waals surface area contributed by atoms with Crippen LogP contribution in [-0.2, 0) is 0 Å². The number of para-hydroxylation sites is 1. The van der Waals surface area contributed by atoms with Crippen molar-refractivity contribution < 1.29 is 0 Å². The lowest BCUT2D eigenvalue weighted by Gasteiger charge is -1.99. The van der Waals surface area contributed by atoms with E-state index in [1.165, 1.54) is 0 Å². The van der Waals surface area contributed by atoms with Gasteiger partial charge in [0.1, 0.15) is 0 Å². The zero-order chi connectivity index (χ0) is 11.4. The van der Waals surface area contributed by atoms with Crippen molar-refractivity contribution in [1.29, 1.82) is 0 Å². The van der Waals surface area contributed by atoms with E-state index < -0.39 is 0 Å². The van der Waals surface area contributed by atoms with Gasteiger partial charge < -0.3 is 0 Å². The van der Waals surface area contributed by atoms with Crippen LogP contribution in [0.25, 0.3) is 21.9 Å². The molecule has 4 N–H and O–H groups in total. The smallest absolute Gasteiger partial charge is 0.159 e. The minimum atomic E-state index is 0.811. The average molecular weight is 212 g/mol. The molecule has 2 aromatic heterocycles. The number of nitrogens with two attached hydrogens (primary N) is 2. The molecule has 4 nitrogen and oxygen atoms in total. The van der Waals surface area contributed by atoms with Gasteiger partial charge in [-0.1, -0.05) is 18.2 Å². The van der Waals surface area contributed by atoms with Crippen LogP contribution < -0.4 is 11.7 Å². The second kappa shape index (κ2) is 4.65. The summed E-state index contributed by atoms with van der Waals surface area (Å²) < 4.78 is 0. The summed E-state index contributed by atoms with van der Waals surface area (Å²) in [5.74, 6) is 8.00. The van der Waals surface area contributed by atoms with Crippen LogP contribution in [0, 0.1) is 0 Å². The van der Waals surface area contributed by atoms with Gasteiger partial charge in [0, 0.05) is 17.0 Å². The first kappa shape index (κ1) is 10.5. The van der Waals surface area contributed by atoms with Gasteiger partial charge in [0.25, 0.3) is 0 Å². The molecular weight excluding hydrogens is 200 g/mol. The van der Waals surface area contributed by atoms with Crippen molar-refractivity contribution in [3.8, 4) is 0 Å². The molecule has 0 spiro atoms. The third-order valence-electron chi connectivity index (χ3n) is 2.29. The highest BCUT2D eigenvalue weighted by Gasteiger charge is 1.97. The Hall–Kier alpha value is -2.04. The molecule has 0 amide bonds. The van der Waals surface area contributed by atoms with E-state index >= 15 is 0 Å². The molecule has 0 bridgehead atoms. The first-order valence-electron chi connectivity index (χ1n) is 4.87. The predicted octanol–water partition coefficient (Wildman–Crippen LogP) is 1.60. The number of benzene rings is 1. The lowest BCUT2D eigenvalue weighted by molar-refractivity contribution is 1.26. The van der Waals surface area contributed by atoms with Gasteiger partial charge in [-0.3, -0.25) is 11.7 Å². The van der Waals surface area contributed by atoms with E-state index in [0.29, 0.717) is 0 Å².